The molecule has 0 radical (unpaired) electrons. The number of carbonyl (C=O) groups excluding carboxylic acids is 1. The fraction of sp³-hybridized carbons (Fsp3) is 0.556. The van der Waals surface area contributed by atoms with E-state index in [4.69, 9.17) is 14.0 Å². The third-order valence-corrected chi connectivity index (χ3v) is 4.20. The molecule has 2 heterocycles. The molecule has 6 heteroatoms. The molecule has 1 saturated heterocycles. The fourth-order valence-corrected chi connectivity index (χ4v) is 2.23. The molecule has 1 aliphatic heterocycles. The van der Waals surface area contributed by atoms with E-state index in [2.05, 4.69) is 4.98 Å². The van der Waals surface area contributed by atoms with Gasteiger partial charge in [-0.2, -0.15) is 0 Å². The Morgan fingerprint density at radius 1 is 1.21 bits per heavy atom. The number of aromatic nitrogens is 1. The van der Waals surface area contributed by atoms with Crippen molar-refractivity contribution in [3.63, 3.8) is 0 Å². The van der Waals surface area contributed by atoms with E-state index in [0.717, 1.165) is 11.0 Å². The first kappa shape index (κ1) is 18.7. The lowest BCUT2D eigenvalue weighted by Gasteiger charge is -2.32. The minimum Gasteiger partial charge on any atom is -0.457 e. The van der Waals surface area contributed by atoms with Gasteiger partial charge in [-0.05, 0) is 71.6 Å². The number of esters is 1. The minimum atomic E-state index is -0.523. The molecule has 2 rings (SSSR count). The Bertz CT molecular complexity index is 631. The van der Waals surface area contributed by atoms with Crippen LogP contribution in [0.3, 0.4) is 0 Å². The third kappa shape index (κ3) is 4.25. The van der Waals surface area contributed by atoms with E-state index in [9.17, 15) is 4.79 Å². The van der Waals surface area contributed by atoms with Crippen LogP contribution in [-0.2, 0) is 18.8 Å². The van der Waals surface area contributed by atoms with Crippen LogP contribution in [0.15, 0.2) is 24.5 Å². The molecule has 0 amide bonds. The van der Waals surface area contributed by atoms with Gasteiger partial charge >= 0.3 is 13.1 Å². The van der Waals surface area contributed by atoms with E-state index in [0.29, 0.717) is 0 Å². The molecule has 1 aliphatic rings. The number of hydrogen-bond acceptors (Lipinski definition) is 5. The van der Waals surface area contributed by atoms with Gasteiger partial charge in [0.2, 0.25) is 0 Å². The van der Waals surface area contributed by atoms with Crippen molar-refractivity contribution in [2.45, 2.75) is 65.3 Å². The van der Waals surface area contributed by atoms with Crippen LogP contribution in [0.1, 0.15) is 54.0 Å². The summed E-state index contributed by atoms with van der Waals surface area (Å²) in [5.41, 5.74) is 0.232. The molecule has 0 saturated carbocycles. The van der Waals surface area contributed by atoms with E-state index >= 15 is 0 Å². The summed E-state index contributed by atoms with van der Waals surface area (Å²) in [5.74, 6) is -0.397. The maximum absolute atomic E-state index is 11.9. The molecule has 0 aromatic carbocycles. The summed E-state index contributed by atoms with van der Waals surface area (Å²) in [6.45, 7) is 13.5. The van der Waals surface area contributed by atoms with E-state index in [1.165, 1.54) is 6.08 Å². The lowest BCUT2D eigenvalue weighted by Crippen LogP contribution is -2.41. The van der Waals surface area contributed by atoms with Crippen LogP contribution in [0.25, 0.3) is 6.08 Å². The molecule has 0 N–H and O–H groups in total. The highest BCUT2D eigenvalue weighted by molar-refractivity contribution is 6.63. The van der Waals surface area contributed by atoms with Gasteiger partial charge in [0.25, 0.3) is 0 Å². The summed E-state index contributed by atoms with van der Waals surface area (Å²) < 4.78 is 17.4. The standard InChI is InChI=1S/C18H26BNO4/c1-16(2,3)22-15(21)9-8-13-12-20-11-10-14(13)19-23-17(4,5)18(6,7)24-19/h8-12H,1-7H3/b9-8+. The molecule has 1 aromatic rings. The Hall–Kier alpha value is -1.66. The van der Waals surface area contributed by atoms with Gasteiger partial charge in [-0.25, -0.2) is 4.79 Å². The van der Waals surface area contributed by atoms with Gasteiger partial charge in [-0.3, -0.25) is 4.98 Å². The Balaban J connectivity index is 2.22. The van der Waals surface area contributed by atoms with E-state index in [-0.39, 0.29) is 0 Å². The van der Waals surface area contributed by atoms with Gasteiger partial charge in [0.15, 0.2) is 0 Å². The fourth-order valence-electron chi connectivity index (χ4n) is 2.23. The van der Waals surface area contributed by atoms with Crippen LogP contribution >= 0.6 is 0 Å². The van der Waals surface area contributed by atoms with E-state index in [1.807, 2.05) is 54.5 Å². The van der Waals surface area contributed by atoms with E-state index in [1.54, 1.807) is 18.5 Å². The second-order valence-corrected chi connectivity index (χ2v) is 7.96. The SMILES string of the molecule is CC(C)(C)OC(=O)/C=C/c1cnccc1B1OC(C)(C)C(C)(C)O1. The molecule has 1 aromatic heterocycles. The van der Waals surface area contributed by atoms with Crippen molar-refractivity contribution in [1.82, 2.24) is 4.98 Å². The smallest absolute Gasteiger partial charge is 0.457 e. The number of hydrogen-bond donors (Lipinski definition) is 0. The molecule has 0 atom stereocenters. The van der Waals surface area contributed by atoms with E-state index < -0.39 is 29.9 Å². The van der Waals surface area contributed by atoms with Gasteiger partial charge in [0.1, 0.15) is 5.60 Å². The highest BCUT2D eigenvalue weighted by Crippen LogP contribution is 2.36. The summed E-state index contributed by atoms with van der Waals surface area (Å²) in [6.07, 6.45) is 6.45. The Labute approximate surface area is 144 Å². The molecule has 0 spiro atoms. The Morgan fingerprint density at radius 2 is 1.79 bits per heavy atom. The molecule has 5 nitrogen and oxygen atoms in total. The zero-order valence-corrected chi connectivity index (χ0v) is 15.5. The van der Waals surface area contributed by atoms with Crippen LogP contribution in [0.5, 0.6) is 0 Å². The highest BCUT2D eigenvalue weighted by Gasteiger charge is 2.52. The Kier molecular flexibility index (Phi) is 4.93. The highest BCUT2D eigenvalue weighted by atomic mass is 16.7. The molecule has 24 heavy (non-hydrogen) atoms. The average molecular weight is 331 g/mol. The summed E-state index contributed by atoms with van der Waals surface area (Å²) in [7, 11) is -0.503. The van der Waals surface area contributed by atoms with Crippen molar-refractivity contribution in [2.75, 3.05) is 0 Å². The second-order valence-electron chi connectivity index (χ2n) is 7.96. The molecule has 0 unspecified atom stereocenters. The van der Waals surface area contributed by atoms with Crippen molar-refractivity contribution in [3.05, 3.63) is 30.1 Å². The van der Waals surface area contributed by atoms with Crippen molar-refractivity contribution in [3.8, 4) is 0 Å². The van der Waals surface area contributed by atoms with Gasteiger partial charge in [0.05, 0.1) is 11.2 Å². The Morgan fingerprint density at radius 3 is 2.33 bits per heavy atom. The van der Waals surface area contributed by atoms with Crippen molar-refractivity contribution >= 4 is 24.6 Å². The zero-order valence-electron chi connectivity index (χ0n) is 15.5. The molecule has 0 aliphatic carbocycles. The number of nitrogens with zero attached hydrogens (tertiary/aromatic N) is 1. The van der Waals surface area contributed by atoms with Gasteiger partial charge in [0, 0.05) is 18.5 Å². The van der Waals surface area contributed by atoms with Crippen LogP contribution in [0, 0.1) is 0 Å². The maximum Gasteiger partial charge on any atom is 0.495 e. The summed E-state index contributed by atoms with van der Waals surface area (Å²) in [6, 6.07) is 1.84. The van der Waals surface area contributed by atoms with Crippen LogP contribution < -0.4 is 5.46 Å². The minimum absolute atomic E-state index is 0.397. The zero-order chi connectivity index (χ0) is 18.2. The van der Waals surface area contributed by atoms with Gasteiger partial charge in [-0.1, -0.05) is 0 Å². The summed E-state index contributed by atoms with van der Waals surface area (Å²) in [5, 5.41) is 0. The summed E-state index contributed by atoms with van der Waals surface area (Å²) in [4.78, 5) is 16.0. The maximum atomic E-state index is 11.9. The third-order valence-electron chi connectivity index (χ3n) is 4.20. The molecular formula is C18H26BNO4. The number of carbonyl (C=O) groups is 1. The predicted octanol–water partition coefficient (Wildman–Crippen LogP) is 2.74. The van der Waals surface area contributed by atoms with Crippen LogP contribution in [0.4, 0.5) is 0 Å². The first-order chi connectivity index (χ1) is 10.9. The topological polar surface area (TPSA) is 57.7 Å². The molecular weight excluding hydrogens is 305 g/mol. The van der Waals surface area contributed by atoms with Gasteiger partial charge in [-0.15, -0.1) is 0 Å². The quantitative estimate of drug-likeness (QED) is 0.484. The molecule has 0 bridgehead atoms. The number of rotatable bonds is 3. The first-order valence-electron chi connectivity index (χ1n) is 8.12. The summed E-state index contributed by atoms with van der Waals surface area (Å²) >= 11 is 0. The van der Waals surface area contributed by atoms with Crippen molar-refractivity contribution in [2.24, 2.45) is 0 Å². The van der Waals surface area contributed by atoms with Crippen LogP contribution in [0.2, 0.25) is 0 Å². The largest absolute Gasteiger partial charge is 0.495 e. The lowest BCUT2D eigenvalue weighted by atomic mass is 9.76. The van der Waals surface area contributed by atoms with Crippen molar-refractivity contribution < 1.29 is 18.8 Å². The van der Waals surface area contributed by atoms with Crippen molar-refractivity contribution in [1.29, 1.82) is 0 Å². The second kappa shape index (κ2) is 6.33. The van der Waals surface area contributed by atoms with Crippen LogP contribution in [-0.4, -0.2) is 34.9 Å². The predicted molar refractivity (Wildman–Crippen MR) is 94.8 cm³/mol. The molecule has 1 fully saturated rings. The average Bonchev–Trinajstić information content (AvgIpc) is 2.63. The lowest BCUT2D eigenvalue weighted by molar-refractivity contribution is -0.148. The number of pyridine rings is 1. The monoisotopic (exact) mass is 331 g/mol. The van der Waals surface area contributed by atoms with Gasteiger partial charge < -0.3 is 14.0 Å². The number of ether oxygens (including phenoxy) is 1. The molecule has 130 valence electrons. The first-order valence-corrected chi connectivity index (χ1v) is 8.12. The normalized spacial score (nSPS) is 19.7.